The SMILES string of the molecule is Cc1cc(C)c(C(=O)C2(N)CC2)c(C)c1. The smallest absolute Gasteiger partial charge is 0.183 e. The summed E-state index contributed by atoms with van der Waals surface area (Å²) >= 11 is 0. The van der Waals surface area contributed by atoms with E-state index in [2.05, 4.69) is 0 Å². The maximum absolute atomic E-state index is 12.2. The Balaban J connectivity index is 2.48. The monoisotopic (exact) mass is 203 g/mol. The molecular formula is C13H17NO. The Labute approximate surface area is 90.5 Å². The van der Waals surface area contributed by atoms with E-state index < -0.39 is 5.54 Å². The third-order valence-corrected chi connectivity index (χ3v) is 3.14. The first-order valence-electron chi connectivity index (χ1n) is 5.35. The molecule has 0 bridgehead atoms. The molecule has 0 amide bonds. The fourth-order valence-electron chi connectivity index (χ4n) is 2.15. The van der Waals surface area contributed by atoms with E-state index in [1.165, 1.54) is 5.56 Å². The summed E-state index contributed by atoms with van der Waals surface area (Å²) in [6.07, 6.45) is 1.66. The molecule has 1 aromatic carbocycles. The highest BCUT2D eigenvalue weighted by atomic mass is 16.1. The van der Waals surface area contributed by atoms with Gasteiger partial charge in [0, 0.05) is 5.56 Å². The Morgan fingerprint density at radius 1 is 1.20 bits per heavy atom. The van der Waals surface area contributed by atoms with Crippen LogP contribution in [0.2, 0.25) is 0 Å². The molecule has 2 rings (SSSR count). The Morgan fingerprint density at radius 2 is 1.67 bits per heavy atom. The van der Waals surface area contributed by atoms with Crippen molar-refractivity contribution < 1.29 is 4.79 Å². The predicted octanol–water partition coefficient (Wildman–Crippen LogP) is 2.29. The van der Waals surface area contributed by atoms with Crippen molar-refractivity contribution in [2.24, 2.45) is 5.73 Å². The maximum atomic E-state index is 12.2. The normalized spacial score (nSPS) is 17.6. The van der Waals surface area contributed by atoms with E-state index in [1.807, 2.05) is 32.9 Å². The fraction of sp³-hybridized carbons (Fsp3) is 0.462. The minimum atomic E-state index is -0.551. The van der Waals surface area contributed by atoms with Gasteiger partial charge in [-0.3, -0.25) is 4.79 Å². The van der Waals surface area contributed by atoms with Crippen LogP contribution in [0.5, 0.6) is 0 Å². The van der Waals surface area contributed by atoms with Crippen LogP contribution in [0.15, 0.2) is 12.1 Å². The van der Waals surface area contributed by atoms with Crippen molar-refractivity contribution in [3.63, 3.8) is 0 Å². The average molecular weight is 203 g/mol. The summed E-state index contributed by atoms with van der Waals surface area (Å²) in [6.45, 7) is 6.02. The van der Waals surface area contributed by atoms with Gasteiger partial charge in [0.2, 0.25) is 0 Å². The van der Waals surface area contributed by atoms with Gasteiger partial charge in [0.05, 0.1) is 5.54 Å². The van der Waals surface area contributed by atoms with Gasteiger partial charge < -0.3 is 5.73 Å². The summed E-state index contributed by atoms with van der Waals surface area (Å²) < 4.78 is 0. The zero-order chi connectivity index (χ0) is 11.2. The second kappa shape index (κ2) is 3.17. The molecule has 0 radical (unpaired) electrons. The van der Waals surface area contributed by atoms with Crippen LogP contribution in [-0.2, 0) is 0 Å². The van der Waals surface area contributed by atoms with Crippen LogP contribution in [0.1, 0.15) is 39.9 Å². The largest absolute Gasteiger partial charge is 0.319 e. The molecule has 15 heavy (non-hydrogen) atoms. The van der Waals surface area contributed by atoms with Gasteiger partial charge in [-0.2, -0.15) is 0 Å². The number of rotatable bonds is 2. The molecule has 2 N–H and O–H groups in total. The molecule has 0 saturated heterocycles. The molecular weight excluding hydrogens is 186 g/mol. The van der Waals surface area contributed by atoms with Crippen molar-refractivity contribution in [1.82, 2.24) is 0 Å². The first kappa shape index (κ1) is 10.4. The summed E-state index contributed by atoms with van der Waals surface area (Å²) in [5.41, 5.74) is 9.53. The Hall–Kier alpha value is -1.15. The van der Waals surface area contributed by atoms with Gasteiger partial charge in [-0.25, -0.2) is 0 Å². The molecule has 2 heteroatoms. The van der Waals surface area contributed by atoms with Crippen molar-refractivity contribution in [2.45, 2.75) is 39.2 Å². The third-order valence-electron chi connectivity index (χ3n) is 3.14. The molecule has 80 valence electrons. The van der Waals surface area contributed by atoms with Crippen molar-refractivity contribution in [3.05, 3.63) is 34.4 Å². The molecule has 0 spiro atoms. The van der Waals surface area contributed by atoms with E-state index >= 15 is 0 Å². The molecule has 1 aliphatic carbocycles. The van der Waals surface area contributed by atoms with Crippen LogP contribution >= 0.6 is 0 Å². The van der Waals surface area contributed by atoms with Gasteiger partial charge in [-0.15, -0.1) is 0 Å². The zero-order valence-corrected chi connectivity index (χ0v) is 9.55. The zero-order valence-electron chi connectivity index (χ0n) is 9.55. The molecule has 0 heterocycles. The standard InChI is InChI=1S/C13H17NO/c1-8-6-9(2)11(10(3)7-8)12(15)13(14)4-5-13/h6-7H,4-5,14H2,1-3H3. The molecule has 1 saturated carbocycles. The minimum absolute atomic E-state index is 0.123. The number of aryl methyl sites for hydroxylation is 3. The maximum Gasteiger partial charge on any atom is 0.183 e. The van der Waals surface area contributed by atoms with E-state index in [4.69, 9.17) is 5.73 Å². The van der Waals surface area contributed by atoms with Gasteiger partial charge in [-0.05, 0) is 44.7 Å². The lowest BCUT2D eigenvalue weighted by Gasteiger charge is -2.13. The number of Topliss-reactive ketones (excluding diaryl/α,β-unsaturated/α-hetero) is 1. The van der Waals surface area contributed by atoms with Crippen molar-refractivity contribution in [2.75, 3.05) is 0 Å². The first-order chi connectivity index (χ1) is 6.94. The second-order valence-electron chi connectivity index (χ2n) is 4.76. The summed E-state index contributed by atoms with van der Waals surface area (Å²) in [5, 5.41) is 0. The van der Waals surface area contributed by atoms with Gasteiger partial charge in [-0.1, -0.05) is 17.7 Å². The van der Waals surface area contributed by atoms with Crippen LogP contribution in [0, 0.1) is 20.8 Å². The summed E-state index contributed by atoms with van der Waals surface area (Å²) in [4.78, 5) is 12.2. The van der Waals surface area contributed by atoms with Crippen LogP contribution in [0.25, 0.3) is 0 Å². The summed E-state index contributed by atoms with van der Waals surface area (Å²) in [6, 6.07) is 4.10. The number of carbonyl (C=O) groups is 1. The summed E-state index contributed by atoms with van der Waals surface area (Å²) in [5.74, 6) is 0.123. The lowest BCUT2D eigenvalue weighted by atomic mass is 9.92. The number of hydrogen-bond donors (Lipinski definition) is 1. The van der Waals surface area contributed by atoms with Crippen LogP contribution in [0.4, 0.5) is 0 Å². The molecule has 1 aliphatic rings. The number of hydrogen-bond acceptors (Lipinski definition) is 2. The van der Waals surface area contributed by atoms with Crippen LogP contribution in [0.3, 0.4) is 0 Å². The lowest BCUT2D eigenvalue weighted by molar-refractivity contribution is 0.0948. The molecule has 2 nitrogen and oxygen atoms in total. The molecule has 1 fully saturated rings. The lowest BCUT2D eigenvalue weighted by Crippen LogP contribution is -2.33. The molecule has 0 atom stereocenters. The van der Waals surface area contributed by atoms with Crippen molar-refractivity contribution in [3.8, 4) is 0 Å². The first-order valence-corrected chi connectivity index (χ1v) is 5.35. The second-order valence-corrected chi connectivity index (χ2v) is 4.76. The number of ketones is 1. The highest BCUT2D eigenvalue weighted by Gasteiger charge is 2.46. The Kier molecular flexibility index (Phi) is 2.19. The minimum Gasteiger partial charge on any atom is -0.319 e. The highest BCUT2D eigenvalue weighted by molar-refractivity contribution is 6.07. The summed E-state index contributed by atoms with van der Waals surface area (Å²) in [7, 11) is 0. The Morgan fingerprint density at radius 3 is 2.07 bits per heavy atom. The van der Waals surface area contributed by atoms with Gasteiger partial charge >= 0.3 is 0 Å². The molecule has 1 aromatic rings. The number of carbonyl (C=O) groups excluding carboxylic acids is 1. The van der Waals surface area contributed by atoms with Crippen molar-refractivity contribution in [1.29, 1.82) is 0 Å². The topological polar surface area (TPSA) is 43.1 Å². The Bertz CT molecular complexity index is 407. The average Bonchev–Trinajstić information content (AvgIpc) is 2.82. The van der Waals surface area contributed by atoms with Gasteiger partial charge in [0.15, 0.2) is 5.78 Å². The highest BCUT2D eigenvalue weighted by Crippen LogP contribution is 2.37. The van der Waals surface area contributed by atoms with E-state index in [0.29, 0.717) is 0 Å². The number of nitrogens with two attached hydrogens (primary N) is 1. The molecule has 0 aromatic heterocycles. The van der Waals surface area contributed by atoms with E-state index in [-0.39, 0.29) is 5.78 Å². The van der Waals surface area contributed by atoms with Crippen LogP contribution < -0.4 is 5.73 Å². The van der Waals surface area contributed by atoms with Gasteiger partial charge in [0.1, 0.15) is 0 Å². The molecule has 0 aliphatic heterocycles. The van der Waals surface area contributed by atoms with Crippen LogP contribution in [-0.4, -0.2) is 11.3 Å². The predicted molar refractivity (Wildman–Crippen MR) is 61.1 cm³/mol. The number of benzene rings is 1. The quantitative estimate of drug-likeness (QED) is 0.749. The van der Waals surface area contributed by atoms with Gasteiger partial charge in [0.25, 0.3) is 0 Å². The third kappa shape index (κ3) is 1.70. The fourth-order valence-corrected chi connectivity index (χ4v) is 2.15. The van der Waals surface area contributed by atoms with Crippen molar-refractivity contribution >= 4 is 5.78 Å². The van der Waals surface area contributed by atoms with E-state index in [1.54, 1.807) is 0 Å². The van der Waals surface area contributed by atoms with E-state index in [9.17, 15) is 4.79 Å². The van der Waals surface area contributed by atoms with E-state index in [0.717, 1.165) is 29.5 Å². The molecule has 0 unspecified atom stereocenters.